The molecule has 0 radical (unpaired) electrons. The van der Waals surface area contributed by atoms with Gasteiger partial charge in [-0.2, -0.15) is 0 Å². The standard InChI is InChI=1S/C34H39NO3/c36-32(34-17-21-12-22(18-34)14-23(13-21)19-34)24-15-25-6-5-7-26(16-24)35(25)33(37)38-20-31-29-10-3-1-8-27(29)28-9-2-4-11-30(28)31/h1-4,8-11,21-26,31H,5-7,12-20H2. The summed E-state index contributed by atoms with van der Waals surface area (Å²) < 4.78 is 6.11. The summed E-state index contributed by atoms with van der Waals surface area (Å²) in [7, 11) is 0. The predicted molar refractivity (Wildman–Crippen MR) is 147 cm³/mol. The van der Waals surface area contributed by atoms with Crippen molar-refractivity contribution in [2.24, 2.45) is 29.1 Å². The minimum absolute atomic E-state index is 0.0281. The first-order valence-electron chi connectivity index (χ1n) is 15.3. The minimum atomic E-state index is -0.165. The molecular weight excluding hydrogens is 470 g/mol. The molecular formula is C34H39NO3. The van der Waals surface area contributed by atoms with Crippen LogP contribution < -0.4 is 0 Å². The summed E-state index contributed by atoms with van der Waals surface area (Å²) >= 11 is 0. The molecule has 4 heteroatoms. The lowest BCUT2D eigenvalue weighted by Gasteiger charge is -2.57. The Hall–Kier alpha value is -2.62. The average molecular weight is 510 g/mol. The molecule has 1 amide bonds. The van der Waals surface area contributed by atoms with Crippen LogP contribution in [0, 0.1) is 29.1 Å². The first-order chi connectivity index (χ1) is 18.6. The van der Waals surface area contributed by atoms with Crippen LogP contribution in [0.4, 0.5) is 4.79 Å². The molecule has 4 saturated carbocycles. The van der Waals surface area contributed by atoms with E-state index in [9.17, 15) is 9.59 Å². The second-order valence-corrected chi connectivity index (χ2v) is 13.7. The molecule has 9 rings (SSSR count). The second kappa shape index (κ2) is 8.69. The quantitative estimate of drug-likeness (QED) is 0.433. The van der Waals surface area contributed by atoms with Crippen LogP contribution in [-0.2, 0) is 9.53 Å². The zero-order valence-corrected chi connectivity index (χ0v) is 22.3. The first-order valence-corrected chi connectivity index (χ1v) is 15.3. The monoisotopic (exact) mass is 509 g/mol. The van der Waals surface area contributed by atoms with E-state index in [-0.39, 0.29) is 35.4 Å². The largest absolute Gasteiger partial charge is 0.448 e. The van der Waals surface area contributed by atoms with Crippen molar-refractivity contribution >= 4 is 11.9 Å². The number of rotatable bonds is 4. The molecule has 2 atom stereocenters. The van der Waals surface area contributed by atoms with Crippen LogP contribution in [0.2, 0.25) is 0 Å². The van der Waals surface area contributed by atoms with Crippen molar-refractivity contribution in [2.45, 2.75) is 88.6 Å². The highest BCUT2D eigenvalue weighted by atomic mass is 16.6. The number of fused-ring (bicyclic) bond motifs is 5. The number of hydrogen-bond donors (Lipinski definition) is 0. The lowest BCUT2D eigenvalue weighted by Crippen LogP contribution is -2.58. The van der Waals surface area contributed by atoms with Crippen LogP contribution in [0.15, 0.2) is 48.5 Å². The summed E-state index contributed by atoms with van der Waals surface area (Å²) in [6.07, 6.45) is 12.3. The van der Waals surface area contributed by atoms with Crippen LogP contribution >= 0.6 is 0 Å². The molecule has 2 heterocycles. The maximum atomic E-state index is 14.2. The number of carbonyl (C=O) groups excluding carboxylic acids is 2. The Bertz CT molecular complexity index is 1190. The Morgan fingerprint density at radius 1 is 0.763 bits per heavy atom. The number of ether oxygens (including phenoxy) is 1. The Morgan fingerprint density at radius 2 is 1.29 bits per heavy atom. The highest BCUT2D eigenvalue weighted by molar-refractivity contribution is 5.88. The third-order valence-electron chi connectivity index (χ3n) is 11.5. The Balaban J connectivity index is 0.977. The predicted octanol–water partition coefficient (Wildman–Crippen LogP) is 7.35. The number of nitrogens with zero attached hydrogens (tertiary/aromatic N) is 1. The lowest BCUT2D eigenvalue weighted by molar-refractivity contribution is -0.151. The van der Waals surface area contributed by atoms with E-state index in [1.165, 1.54) is 41.5 Å². The molecule has 38 heavy (non-hydrogen) atoms. The smallest absolute Gasteiger partial charge is 0.410 e. The Kier molecular flexibility index (Phi) is 5.33. The highest BCUT2D eigenvalue weighted by Crippen LogP contribution is 2.61. The van der Waals surface area contributed by atoms with Gasteiger partial charge in [-0.1, -0.05) is 48.5 Å². The first kappa shape index (κ1) is 23.3. The zero-order chi connectivity index (χ0) is 25.4. The minimum Gasteiger partial charge on any atom is -0.448 e. The number of hydrogen-bond acceptors (Lipinski definition) is 3. The van der Waals surface area contributed by atoms with Crippen molar-refractivity contribution in [3.63, 3.8) is 0 Å². The topological polar surface area (TPSA) is 46.6 Å². The van der Waals surface area contributed by atoms with Crippen molar-refractivity contribution in [1.29, 1.82) is 0 Å². The fourth-order valence-corrected chi connectivity index (χ4v) is 10.4. The zero-order valence-electron chi connectivity index (χ0n) is 22.3. The van der Waals surface area contributed by atoms with Crippen molar-refractivity contribution in [3.05, 3.63) is 59.7 Å². The van der Waals surface area contributed by atoms with Gasteiger partial charge in [-0.15, -0.1) is 0 Å². The summed E-state index contributed by atoms with van der Waals surface area (Å²) in [5.74, 6) is 3.20. The van der Waals surface area contributed by atoms with Crippen LogP contribution in [0.25, 0.3) is 11.1 Å². The Labute approximate surface area is 226 Å². The van der Waals surface area contributed by atoms with Crippen LogP contribution in [0.3, 0.4) is 0 Å². The van der Waals surface area contributed by atoms with Crippen molar-refractivity contribution in [2.75, 3.05) is 6.61 Å². The van der Waals surface area contributed by atoms with E-state index in [1.54, 1.807) is 0 Å². The van der Waals surface area contributed by atoms with Gasteiger partial charge in [-0.3, -0.25) is 4.79 Å². The van der Waals surface area contributed by atoms with Crippen molar-refractivity contribution in [3.8, 4) is 11.1 Å². The second-order valence-electron chi connectivity index (χ2n) is 13.7. The molecule has 0 N–H and O–H groups in total. The van der Waals surface area contributed by atoms with Crippen molar-refractivity contribution in [1.82, 2.24) is 4.90 Å². The van der Waals surface area contributed by atoms with Gasteiger partial charge in [-0.25, -0.2) is 4.79 Å². The van der Waals surface area contributed by atoms with Gasteiger partial charge >= 0.3 is 6.09 Å². The summed E-state index contributed by atoms with van der Waals surface area (Å²) in [5, 5.41) is 0. The third kappa shape index (κ3) is 3.54. The number of carbonyl (C=O) groups is 2. The lowest BCUT2D eigenvalue weighted by atomic mass is 9.47. The van der Waals surface area contributed by atoms with Crippen LogP contribution in [0.1, 0.15) is 87.7 Å². The summed E-state index contributed by atoms with van der Waals surface area (Å²) in [4.78, 5) is 29.8. The average Bonchev–Trinajstić information content (AvgIpc) is 3.23. The van der Waals surface area contributed by atoms with Gasteiger partial charge in [0.25, 0.3) is 0 Å². The van der Waals surface area contributed by atoms with Crippen LogP contribution in [-0.4, -0.2) is 35.5 Å². The number of benzene rings is 2. The highest BCUT2D eigenvalue weighted by Gasteiger charge is 2.57. The van der Waals surface area contributed by atoms with Gasteiger partial charge in [0.2, 0.25) is 0 Å². The molecule has 2 aromatic rings. The maximum Gasteiger partial charge on any atom is 0.410 e. The summed E-state index contributed by atoms with van der Waals surface area (Å²) in [6.45, 7) is 0.373. The molecule has 4 nitrogen and oxygen atoms in total. The number of Topliss-reactive ketones (excluding diaryl/α,β-unsaturated/α-hetero) is 1. The van der Waals surface area contributed by atoms with E-state index >= 15 is 0 Å². The SMILES string of the molecule is O=C(OCC1c2ccccc2-c2ccccc21)N1C2CCCC1CC(C(=O)C13CC4CC(CC(C4)C1)C3)C2. The molecule has 2 saturated heterocycles. The van der Waals surface area contributed by atoms with E-state index in [2.05, 4.69) is 53.4 Å². The van der Waals surface area contributed by atoms with Gasteiger partial charge in [0, 0.05) is 29.3 Å². The third-order valence-corrected chi connectivity index (χ3v) is 11.5. The molecule has 2 aliphatic heterocycles. The normalized spacial score (nSPS) is 36.6. The number of amides is 1. The van der Waals surface area contributed by atoms with Crippen molar-refractivity contribution < 1.29 is 14.3 Å². The summed E-state index contributed by atoms with van der Waals surface area (Å²) in [6, 6.07) is 17.3. The fourth-order valence-electron chi connectivity index (χ4n) is 10.4. The molecule has 0 aromatic heterocycles. The number of piperidine rings is 2. The molecule has 6 fully saturated rings. The molecule has 0 spiro atoms. The van der Waals surface area contributed by atoms with E-state index < -0.39 is 0 Å². The van der Waals surface area contributed by atoms with E-state index in [0.29, 0.717) is 12.4 Å². The van der Waals surface area contributed by atoms with Gasteiger partial charge in [0.05, 0.1) is 0 Å². The van der Waals surface area contributed by atoms with E-state index in [1.807, 2.05) is 0 Å². The van der Waals surface area contributed by atoms with E-state index in [0.717, 1.165) is 69.1 Å². The number of ketones is 1. The maximum absolute atomic E-state index is 14.2. The van der Waals surface area contributed by atoms with E-state index in [4.69, 9.17) is 4.74 Å². The van der Waals surface area contributed by atoms with Gasteiger partial charge in [0.15, 0.2) is 0 Å². The molecule has 198 valence electrons. The molecule has 2 unspecified atom stereocenters. The van der Waals surface area contributed by atoms with Gasteiger partial charge in [0.1, 0.15) is 12.4 Å². The Morgan fingerprint density at radius 3 is 1.84 bits per heavy atom. The molecule has 2 aromatic carbocycles. The summed E-state index contributed by atoms with van der Waals surface area (Å²) in [5.41, 5.74) is 4.98. The molecule has 5 aliphatic carbocycles. The molecule has 6 bridgehead atoms. The van der Waals surface area contributed by atoms with Crippen LogP contribution in [0.5, 0.6) is 0 Å². The molecule has 7 aliphatic rings. The van der Waals surface area contributed by atoms with Gasteiger partial charge in [-0.05, 0) is 111 Å². The van der Waals surface area contributed by atoms with Gasteiger partial charge < -0.3 is 9.64 Å². The fraction of sp³-hybridized carbons (Fsp3) is 0.588.